The molecule has 0 aliphatic carbocycles. The molecule has 2 aromatic rings. The lowest BCUT2D eigenvalue weighted by molar-refractivity contribution is -0.274. The normalized spacial score (nSPS) is 12.5. The molecule has 122 valence electrons. The molecule has 0 fully saturated rings. The molecule has 0 aliphatic rings. The van der Waals surface area contributed by atoms with Crippen LogP contribution in [0.3, 0.4) is 0 Å². The lowest BCUT2D eigenvalue weighted by Gasteiger charge is -2.16. The molecule has 6 nitrogen and oxygen atoms in total. The summed E-state index contributed by atoms with van der Waals surface area (Å²) in [6, 6.07) is 6.17. The maximum Gasteiger partial charge on any atom is 0.573 e. The molecule has 2 rings (SSSR count). The number of nitrogen functional groups attached to an aromatic ring is 1. The van der Waals surface area contributed by atoms with E-state index in [9.17, 15) is 18.0 Å². The highest BCUT2D eigenvalue weighted by atomic mass is 19.4. The van der Waals surface area contributed by atoms with Crippen LogP contribution in [0.5, 0.6) is 5.75 Å². The van der Waals surface area contributed by atoms with Gasteiger partial charge in [-0.25, -0.2) is 9.97 Å². The maximum atomic E-state index is 12.2. The molecule has 1 heterocycles. The summed E-state index contributed by atoms with van der Waals surface area (Å²) in [4.78, 5) is 19.5. The number of ether oxygens (including phenoxy) is 1. The molecule has 1 aromatic heterocycles. The van der Waals surface area contributed by atoms with Crippen LogP contribution in [-0.2, 0) is 0 Å². The fraction of sp³-hybridized carbons (Fsp3) is 0.214. The Balaban J connectivity index is 2.10. The molecule has 0 saturated carbocycles. The van der Waals surface area contributed by atoms with Gasteiger partial charge in [-0.1, -0.05) is 12.1 Å². The standard InChI is InChI=1S/C14H13F3N4O2/c1-8(20-12(22)11-5-6-19-13(18)21-11)9-3-2-4-10(7-9)23-14(15,16)17/h2-8H,1H3,(H,20,22)(H2,18,19,21). The van der Waals surface area contributed by atoms with Crippen molar-refractivity contribution in [2.24, 2.45) is 0 Å². The Bertz CT molecular complexity index is 706. The number of rotatable bonds is 4. The van der Waals surface area contributed by atoms with Gasteiger partial charge in [0.15, 0.2) is 0 Å². The zero-order chi connectivity index (χ0) is 17.0. The molecule has 23 heavy (non-hydrogen) atoms. The van der Waals surface area contributed by atoms with Crippen molar-refractivity contribution in [1.29, 1.82) is 0 Å². The number of benzene rings is 1. The van der Waals surface area contributed by atoms with Gasteiger partial charge in [0.2, 0.25) is 5.95 Å². The van der Waals surface area contributed by atoms with Crippen molar-refractivity contribution >= 4 is 11.9 Å². The average Bonchev–Trinajstić information content (AvgIpc) is 2.45. The molecule has 1 unspecified atom stereocenters. The van der Waals surface area contributed by atoms with Gasteiger partial charge >= 0.3 is 6.36 Å². The predicted molar refractivity (Wildman–Crippen MR) is 75.5 cm³/mol. The summed E-state index contributed by atoms with van der Waals surface area (Å²) in [6.45, 7) is 1.62. The Morgan fingerprint density at radius 2 is 2.09 bits per heavy atom. The number of nitrogens with zero attached hydrogens (tertiary/aromatic N) is 2. The molecule has 1 amide bonds. The van der Waals surface area contributed by atoms with Crippen LogP contribution in [0.25, 0.3) is 0 Å². The van der Waals surface area contributed by atoms with Gasteiger partial charge < -0.3 is 15.8 Å². The van der Waals surface area contributed by atoms with Crippen LogP contribution in [0.4, 0.5) is 19.1 Å². The highest BCUT2D eigenvalue weighted by Crippen LogP contribution is 2.25. The van der Waals surface area contributed by atoms with Gasteiger partial charge in [-0.15, -0.1) is 13.2 Å². The Labute approximate surface area is 129 Å². The molecular formula is C14H13F3N4O2. The molecule has 0 aliphatic heterocycles. The number of amides is 1. The van der Waals surface area contributed by atoms with Crippen molar-refractivity contribution in [1.82, 2.24) is 15.3 Å². The van der Waals surface area contributed by atoms with E-state index in [4.69, 9.17) is 5.73 Å². The van der Waals surface area contributed by atoms with Crippen LogP contribution in [-0.4, -0.2) is 22.2 Å². The zero-order valence-corrected chi connectivity index (χ0v) is 12.0. The second kappa shape index (κ2) is 6.51. The first kappa shape index (κ1) is 16.5. The number of hydrogen-bond donors (Lipinski definition) is 2. The summed E-state index contributed by atoms with van der Waals surface area (Å²) in [5.41, 5.74) is 5.90. The first-order valence-electron chi connectivity index (χ1n) is 6.50. The largest absolute Gasteiger partial charge is 0.573 e. The highest BCUT2D eigenvalue weighted by molar-refractivity contribution is 5.92. The number of hydrogen-bond acceptors (Lipinski definition) is 5. The molecule has 0 bridgehead atoms. The van der Waals surface area contributed by atoms with Crippen LogP contribution in [0.15, 0.2) is 36.5 Å². The van der Waals surface area contributed by atoms with Gasteiger partial charge in [-0.3, -0.25) is 4.79 Å². The molecular weight excluding hydrogens is 313 g/mol. The third-order valence-corrected chi connectivity index (χ3v) is 2.85. The number of anilines is 1. The van der Waals surface area contributed by atoms with Gasteiger partial charge in [-0.05, 0) is 30.7 Å². The maximum absolute atomic E-state index is 12.2. The topological polar surface area (TPSA) is 90.1 Å². The van der Waals surface area contributed by atoms with Crippen molar-refractivity contribution in [2.75, 3.05) is 5.73 Å². The summed E-state index contributed by atoms with van der Waals surface area (Å²) in [6.07, 6.45) is -3.44. The van der Waals surface area contributed by atoms with E-state index < -0.39 is 18.3 Å². The number of nitrogens with one attached hydrogen (secondary N) is 1. The van der Waals surface area contributed by atoms with Gasteiger partial charge in [-0.2, -0.15) is 0 Å². The molecule has 0 radical (unpaired) electrons. The molecule has 9 heteroatoms. The van der Waals surface area contributed by atoms with Gasteiger partial charge in [0.1, 0.15) is 11.4 Å². The van der Waals surface area contributed by atoms with Crippen molar-refractivity contribution in [2.45, 2.75) is 19.3 Å². The van der Waals surface area contributed by atoms with E-state index in [1.54, 1.807) is 13.0 Å². The molecule has 0 saturated heterocycles. The summed E-state index contributed by atoms with van der Waals surface area (Å²) in [7, 11) is 0. The Morgan fingerprint density at radius 3 is 2.74 bits per heavy atom. The van der Waals surface area contributed by atoms with E-state index in [1.807, 2.05) is 0 Å². The van der Waals surface area contributed by atoms with Gasteiger partial charge in [0.05, 0.1) is 6.04 Å². The summed E-state index contributed by atoms with van der Waals surface area (Å²) < 4.78 is 40.5. The quantitative estimate of drug-likeness (QED) is 0.901. The highest BCUT2D eigenvalue weighted by Gasteiger charge is 2.31. The lowest BCUT2D eigenvalue weighted by Crippen LogP contribution is -2.27. The summed E-state index contributed by atoms with van der Waals surface area (Å²) >= 11 is 0. The zero-order valence-electron chi connectivity index (χ0n) is 12.0. The van der Waals surface area contributed by atoms with Crippen LogP contribution < -0.4 is 15.8 Å². The Kier molecular flexibility index (Phi) is 4.68. The number of nitrogens with two attached hydrogens (primary N) is 1. The monoisotopic (exact) mass is 326 g/mol. The van der Waals surface area contributed by atoms with Crippen LogP contribution >= 0.6 is 0 Å². The first-order chi connectivity index (χ1) is 10.7. The van der Waals surface area contributed by atoms with Crippen molar-refractivity contribution in [3.05, 3.63) is 47.8 Å². The smallest absolute Gasteiger partial charge is 0.406 e. The third-order valence-electron chi connectivity index (χ3n) is 2.85. The van der Waals surface area contributed by atoms with Crippen LogP contribution in [0.2, 0.25) is 0 Å². The lowest BCUT2D eigenvalue weighted by atomic mass is 10.1. The van der Waals surface area contributed by atoms with E-state index in [2.05, 4.69) is 20.0 Å². The number of alkyl halides is 3. The predicted octanol–water partition coefficient (Wildman–Crippen LogP) is 2.45. The third kappa shape index (κ3) is 4.83. The van der Waals surface area contributed by atoms with Crippen molar-refractivity contribution < 1.29 is 22.7 Å². The van der Waals surface area contributed by atoms with Gasteiger partial charge in [0, 0.05) is 6.20 Å². The second-order valence-electron chi connectivity index (χ2n) is 4.62. The first-order valence-corrected chi connectivity index (χ1v) is 6.50. The second-order valence-corrected chi connectivity index (χ2v) is 4.62. The number of halogens is 3. The van der Waals surface area contributed by atoms with E-state index in [-0.39, 0.29) is 17.4 Å². The van der Waals surface area contributed by atoms with Crippen LogP contribution in [0.1, 0.15) is 29.0 Å². The molecule has 1 atom stereocenters. The van der Waals surface area contributed by atoms with E-state index >= 15 is 0 Å². The number of aromatic nitrogens is 2. The molecule has 3 N–H and O–H groups in total. The van der Waals surface area contributed by atoms with Crippen LogP contribution in [0, 0.1) is 0 Å². The number of carbonyl (C=O) groups excluding carboxylic acids is 1. The molecule has 0 spiro atoms. The average molecular weight is 326 g/mol. The van der Waals surface area contributed by atoms with Crippen molar-refractivity contribution in [3.63, 3.8) is 0 Å². The number of carbonyl (C=O) groups is 1. The fourth-order valence-electron chi connectivity index (χ4n) is 1.84. The minimum Gasteiger partial charge on any atom is -0.406 e. The molecule has 1 aromatic carbocycles. The Hall–Kier alpha value is -2.84. The Morgan fingerprint density at radius 1 is 1.35 bits per heavy atom. The minimum absolute atomic E-state index is 0.0501. The van der Waals surface area contributed by atoms with E-state index in [0.29, 0.717) is 5.56 Å². The fourth-order valence-corrected chi connectivity index (χ4v) is 1.84. The van der Waals surface area contributed by atoms with E-state index in [1.165, 1.54) is 30.5 Å². The van der Waals surface area contributed by atoms with Crippen molar-refractivity contribution in [3.8, 4) is 5.75 Å². The van der Waals surface area contributed by atoms with Gasteiger partial charge in [0.25, 0.3) is 5.91 Å². The SMILES string of the molecule is CC(NC(=O)c1ccnc(N)n1)c1cccc(OC(F)(F)F)c1. The van der Waals surface area contributed by atoms with E-state index in [0.717, 1.165) is 0 Å². The summed E-state index contributed by atoms with van der Waals surface area (Å²) in [5, 5.41) is 2.61. The minimum atomic E-state index is -4.77. The summed E-state index contributed by atoms with van der Waals surface area (Å²) in [5.74, 6) is -0.929.